The fraction of sp³-hybridized carbons (Fsp3) is 0.429. The van der Waals surface area contributed by atoms with Crippen LogP contribution in [0.1, 0.15) is 120 Å². The molecule has 15 nitrogen and oxygen atoms in total. The Morgan fingerprint density at radius 1 is 0.766 bits per heavy atom. The molecule has 0 radical (unpaired) electrons. The number of carbonyl (C=O) groups is 4. The van der Waals surface area contributed by atoms with E-state index in [-0.39, 0.29) is 47.2 Å². The van der Waals surface area contributed by atoms with Gasteiger partial charge in [0, 0.05) is 18.4 Å². The first kappa shape index (κ1) is 44.0. The number of imidazole rings is 2. The molecule has 3 amide bonds. The third-order valence-corrected chi connectivity index (χ3v) is 12.9. The van der Waals surface area contributed by atoms with Gasteiger partial charge in [-0.3, -0.25) is 14.2 Å². The van der Waals surface area contributed by atoms with E-state index < -0.39 is 24.3 Å². The van der Waals surface area contributed by atoms with Gasteiger partial charge in [0.15, 0.2) is 5.82 Å². The van der Waals surface area contributed by atoms with E-state index in [0.29, 0.717) is 18.1 Å². The summed E-state index contributed by atoms with van der Waals surface area (Å²) in [5, 5.41) is 14.5. The molecule has 0 unspecified atom stereocenters. The average molecular weight is 870 g/mol. The van der Waals surface area contributed by atoms with Crippen molar-refractivity contribution < 1.29 is 29.0 Å². The van der Waals surface area contributed by atoms with Crippen LogP contribution in [0.15, 0.2) is 79.0 Å². The number of methoxy groups -OCH3 is 1. The molecule has 6 aromatic rings. The summed E-state index contributed by atoms with van der Waals surface area (Å²) in [6.45, 7) is 14.7. The maximum Gasteiger partial charge on any atom is 0.407 e. The van der Waals surface area contributed by atoms with Crippen LogP contribution < -0.4 is 15.5 Å². The molecule has 0 spiro atoms. The number of amides is 3. The van der Waals surface area contributed by atoms with Crippen molar-refractivity contribution >= 4 is 51.8 Å². The molecule has 336 valence electrons. The Morgan fingerprint density at radius 2 is 1.38 bits per heavy atom. The van der Waals surface area contributed by atoms with Crippen molar-refractivity contribution in [1.29, 1.82) is 0 Å². The van der Waals surface area contributed by atoms with Gasteiger partial charge in [-0.2, -0.15) is 0 Å². The molecule has 0 saturated carbocycles. The first-order valence-electron chi connectivity index (χ1n) is 22.3. The van der Waals surface area contributed by atoms with Crippen molar-refractivity contribution in [1.82, 2.24) is 40.0 Å². The van der Waals surface area contributed by atoms with Gasteiger partial charge in [-0.1, -0.05) is 72.7 Å². The van der Waals surface area contributed by atoms with Crippen LogP contribution >= 0.6 is 0 Å². The number of likely N-dealkylation sites (tertiary alicyclic amines) is 1. The lowest BCUT2D eigenvalue weighted by Gasteiger charge is -2.34. The molecule has 5 atom stereocenters. The fourth-order valence-corrected chi connectivity index (χ4v) is 9.48. The summed E-state index contributed by atoms with van der Waals surface area (Å²) >= 11 is 0. The van der Waals surface area contributed by atoms with Gasteiger partial charge in [0.05, 0.1) is 53.0 Å². The number of hydrogen-bond donors (Lipinski definition) is 5. The van der Waals surface area contributed by atoms with Crippen LogP contribution in [-0.4, -0.2) is 84.2 Å². The number of rotatable bonds is 11. The number of hydrogen-bond acceptors (Lipinski definition) is 8. The van der Waals surface area contributed by atoms with Gasteiger partial charge in [0.1, 0.15) is 17.9 Å². The number of fused-ring (bicyclic) bond motifs is 2. The molecule has 15 heteroatoms. The summed E-state index contributed by atoms with van der Waals surface area (Å²) in [5.41, 5.74) is 8.49. The van der Waals surface area contributed by atoms with Crippen LogP contribution in [0.4, 0.5) is 15.3 Å². The van der Waals surface area contributed by atoms with E-state index in [4.69, 9.17) is 14.7 Å². The van der Waals surface area contributed by atoms with Gasteiger partial charge in [-0.05, 0) is 108 Å². The highest BCUT2D eigenvalue weighted by molar-refractivity contribution is 5.91. The highest BCUT2D eigenvalue weighted by atomic mass is 16.5. The molecular weight excluding hydrogens is 811 g/mol. The Hall–Kier alpha value is -6.64. The van der Waals surface area contributed by atoms with Crippen LogP contribution in [0.5, 0.6) is 0 Å². The van der Waals surface area contributed by atoms with Gasteiger partial charge in [0.25, 0.3) is 5.91 Å². The monoisotopic (exact) mass is 869 g/mol. The Balaban J connectivity index is 1.11. The summed E-state index contributed by atoms with van der Waals surface area (Å²) in [6.07, 6.45) is 3.14. The molecule has 2 aliphatic rings. The summed E-state index contributed by atoms with van der Waals surface area (Å²) in [6, 6.07) is 23.4. The van der Waals surface area contributed by atoms with Crippen molar-refractivity contribution in [2.75, 3.05) is 18.6 Å². The zero-order valence-corrected chi connectivity index (χ0v) is 37.8. The summed E-state index contributed by atoms with van der Waals surface area (Å²) in [7, 11) is 1.30. The first-order valence-corrected chi connectivity index (χ1v) is 22.3. The predicted octanol–water partition coefficient (Wildman–Crippen LogP) is 9.26. The molecule has 64 heavy (non-hydrogen) atoms. The largest absolute Gasteiger partial charge is 0.465 e. The van der Waals surface area contributed by atoms with E-state index >= 15 is 0 Å². The SMILES string of the molecule is COC(=O)N[C@H](C(=O)N1CCC[C@H]1c1nc2ccc([C@H]3CC[C@H](c4ccc5nc(-c6cccn6C(=O)[C@@H](NC(=O)O)C(C)C)[nH]c5c4)N3c3ccc(C(C)(C)C)cc3)cc2[nH]1)C(C)C. The molecule has 0 aliphatic carbocycles. The number of aromatic nitrogens is 5. The Kier molecular flexibility index (Phi) is 12.0. The van der Waals surface area contributed by atoms with E-state index in [0.717, 1.165) is 70.4 Å². The van der Waals surface area contributed by atoms with Crippen molar-refractivity contribution in [3.8, 4) is 11.5 Å². The smallest absolute Gasteiger partial charge is 0.407 e. The minimum absolute atomic E-state index is 0.00489. The van der Waals surface area contributed by atoms with Crippen molar-refractivity contribution in [3.63, 3.8) is 0 Å². The maximum atomic E-state index is 13.9. The van der Waals surface area contributed by atoms with Crippen LogP contribution in [0.2, 0.25) is 0 Å². The minimum Gasteiger partial charge on any atom is -0.465 e. The number of nitrogens with one attached hydrogen (secondary N) is 4. The highest BCUT2D eigenvalue weighted by Gasteiger charge is 2.39. The highest BCUT2D eigenvalue weighted by Crippen LogP contribution is 2.48. The normalized spacial score (nSPS) is 18.9. The quantitative estimate of drug-likeness (QED) is 0.0845. The number of carboxylic acid groups (broad SMARTS) is 1. The maximum absolute atomic E-state index is 13.9. The summed E-state index contributed by atoms with van der Waals surface area (Å²) in [5.74, 6) is 0.329. The topological polar surface area (TPSA) is 191 Å². The van der Waals surface area contributed by atoms with Gasteiger partial charge < -0.3 is 40.2 Å². The van der Waals surface area contributed by atoms with E-state index in [1.807, 2.05) is 24.8 Å². The molecule has 3 aromatic heterocycles. The van der Waals surface area contributed by atoms with Crippen molar-refractivity contribution in [2.24, 2.45) is 11.8 Å². The van der Waals surface area contributed by atoms with Crippen LogP contribution in [0.3, 0.4) is 0 Å². The molecule has 0 bridgehead atoms. The van der Waals surface area contributed by atoms with E-state index in [2.05, 4.69) is 101 Å². The fourth-order valence-electron chi connectivity index (χ4n) is 9.48. The van der Waals surface area contributed by atoms with Crippen molar-refractivity contribution in [3.05, 3.63) is 102 Å². The molecule has 2 fully saturated rings. The van der Waals surface area contributed by atoms with Gasteiger partial charge >= 0.3 is 12.2 Å². The average Bonchev–Trinajstić information content (AvgIpc) is 4.11. The third kappa shape index (κ3) is 8.55. The Labute approximate surface area is 373 Å². The number of ether oxygens (including phenoxy) is 1. The molecule has 5 heterocycles. The van der Waals surface area contributed by atoms with Crippen LogP contribution in [-0.2, 0) is 14.9 Å². The first-order chi connectivity index (χ1) is 30.5. The second kappa shape index (κ2) is 17.5. The predicted molar refractivity (Wildman–Crippen MR) is 246 cm³/mol. The zero-order valence-electron chi connectivity index (χ0n) is 37.8. The molecule has 8 rings (SSSR count). The molecule has 2 aliphatic heterocycles. The molecule has 5 N–H and O–H groups in total. The lowest BCUT2D eigenvalue weighted by Crippen LogP contribution is -2.51. The van der Waals surface area contributed by atoms with Crippen LogP contribution in [0, 0.1) is 11.8 Å². The van der Waals surface area contributed by atoms with Gasteiger partial charge in [-0.25, -0.2) is 19.6 Å². The number of nitrogens with zero attached hydrogens (tertiary/aromatic N) is 5. The summed E-state index contributed by atoms with van der Waals surface area (Å²) in [4.78, 5) is 72.5. The molecular formula is C49H59N9O6. The Bertz CT molecular complexity index is 2690. The Morgan fingerprint density at radius 3 is 1.97 bits per heavy atom. The number of carbonyl (C=O) groups excluding carboxylic acids is 3. The molecule has 2 saturated heterocycles. The van der Waals surface area contributed by atoms with Crippen molar-refractivity contribution in [2.45, 2.75) is 110 Å². The number of aromatic amines is 2. The third-order valence-electron chi connectivity index (χ3n) is 12.9. The standard InChI is InChI=1S/C49H59N9O6/c1-27(2)41(54-47(61)62)45(59)56-23-9-11-39(56)43-50-33-19-13-29(25-35(33)52-43)37-21-22-38(58(37)32-17-15-31(16-18-32)49(5,6)7)30-14-20-34-36(26-30)53-44(51-34)40-12-10-24-57(40)46(60)42(28(3)4)55-48(63)64-8/h9,11,13-20,23,25-28,37-38,40-42,54H,10,12,21-22,24H2,1-8H3,(H,50,52)(H,51,53)(H,55,63)(H,61,62)/t37-,38-,40+,41+,42+/m1/s1. The number of alkyl carbamates (subject to hydrolysis) is 1. The second-order valence-corrected chi connectivity index (χ2v) is 18.9. The summed E-state index contributed by atoms with van der Waals surface area (Å²) < 4.78 is 6.28. The molecule has 3 aromatic carbocycles. The van der Waals surface area contributed by atoms with E-state index in [1.54, 1.807) is 32.2 Å². The number of H-pyrrole nitrogens is 2. The lowest BCUT2D eigenvalue weighted by atomic mass is 9.87. The lowest BCUT2D eigenvalue weighted by molar-refractivity contribution is -0.135. The zero-order chi connectivity index (χ0) is 45.6. The number of anilines is 1. The van der Waals surface area contributed by atoms with E-state index in [1.165, 1.54) is 17.2 Å². The van der Waals surface area contributed by atoms with Gasteiger partial charge in [-0.15, -0.1) is 0 Å². The van der Waals surface area contributed by atoms with Crippen LogP contribution in [0.25, 0.3) is 33.6 Å². The van der Waals surface area contributed by atoms with E-state index in [9.17, 15) is 24.3 Å². The minimum atomic E-state index is -1.25. The van der Waals surface area contributed by atoms with Gasteiger partial charge in [0.2, 0.25) is 5.91 Å². The number of benzene rings is 3. The second-order valence-electron chi connectivity index (χ2n) is 18.9.